The van der Waals surface area contributed by atoms with Crippen LogP contribution < -0.4 is 0 Å². The Bertz CT molecular complexity index is 732. The fraction of sp³-hybridized carbons (Fsp3) is 0.714. The number of ketones is 4. The zero-order valence-electron chi connectivity index (χ0n) is 15.3. The third kappa shape index (κ3) is 2.06. The summed E-state index contributed by atoms with van der Waals surface area (Å²) in [5.74, 6) is -0.129. The Labute approximate surface area is 148 Å². The van der Waals surface area contributed by atoms with Crippen LogP contribution >= 0.6 is 0 Å². The van der Waals surface area contributed by atoms with Crippen LogP contribution in [0.4, 0.5) is 0 Å². The molecule has 4 nitrogen and oxygen atoms in total. The summed E-state index contributed by atoms with van der Waals surface area (Å²) in [5.41, 5.74) is 0.212. The molecule has 0 aliphatic heterocycles. The Balaban J connectivity index is 1.78. The first-order chi connectivity index (χ1) is 11.7. The van der Waals surface area contributed by atoms with Gasteiger partial charge in [0.15, 0.2) is 5.78 Å². The number of hydrogen-bond acceptors (Lipinski definition) is 4. The molecule has 4 aliphatic rings. The van der Waals surface area contributed by atoms with Crippen LogP contribution in [0.5, 0.6) is 0 Å². The molecule has 0 bridgehead atoms. The second kappa shape index (κ2) is 5.21. The van der Waals surface area contributed by atoms with Crippen molar-refractivity contribution in [2.24, 2.45) is 34.5 Å². The van der Waals surface area contributed by atoms with Gasteiger partial charge in [0.05, 0.1) is 0 Å². The molecule has 3 saturated carbocycles. The van der Waals surface area contributed by atoms with Crippen molar-refractivity contribution in [3.63, 3.8) is 0 Å². The molecule has 0 heterocycles. The van der Waals surface area contributed by atoms with Gasteiger partial charge in [-0.25, -0.2) is 0 Å². The first kappa shape index (κ1) is 16.9. The highest BCUT2D eigenvalue weighted by Crippen LogP contribution is 2.64. The van der Waals surface area contributed by atoms with E-state index in [1.54, 1.807) is 6.08 Å². The molecule has 0 saturated heterocycles. The van der Waals surface area contributed by atoms with Crippen LogP contribution in [0.25, 0.3) is 0 Å². The molecule has 3 fully saturated rings. The highest BCUT2D eigenvalue weighted by Gasteiger charge is 2.66. The zero-order valence-corrected chi connectivity index (χ0v) is 15.3. The van der Waals surface area contributed by atoms with E-state index in [-0.39, 0.29) is 52.7 Å². The molecule has 0 amide bonds. The Hall–Kier alpha value is -1.58. The lowest BCUT2D eigenvalue weighted by Gasteiger charge is -2.56. The summed E-state index contributed by atoms with van der Waals surface area (Å²) < 4.78 is 0. The molecule has 0 aromatic heterocycles. The van der Waals surface area contributed by atoms with E-state index in [1.165, 1.54) is 12.5 Å². The van der Waals surface area contributed by atoms with Crippen molar-refractivity contribution >= 4 is 23.1 Å². The minimum atomic E-state index is -0.813. The molecule has 6 atom stereocenters. The fourth-order valence-corrected chi connectivity index (χ4v) is 6.66. The van der Waals surface area contributed by atoms with Gasteiger partial charge in [-0.1, -0.05) is 19.4 Å². The summed E-state index contributed by atoms with van der Waals surface area (Å²) in [5, 5.41) is 0. The SMILES string of the molecule is CC(=O)[C@@H]1CC(=O)[C@@H]2[C@H]3CCC4=CC(=O)CC[C@@]4(C)[C@@H]3CC(=O)[C@]21C. The normalized spacial score (nSPS) is 46.2. The van der Waals surface area contributed by atoms with E-state index in [1.807, 2.05) is 6.92 Å². The van der Waals surface area contributed by atoms with Crippen molar-refractivity contribution in [1.82, 2.24) is 0 Å². The monoisotopic (exact) mass is 342 g/mol. The van der Waals surface area contributed by atoms with Crippen molar-refractivity contribution in [2.75, 3.05) is 0 Å². The van der Waals surface area contributed by atoms with E-state index in [2.05, 4.69) is 6.92 Å². The maximum atomic E-state index is 13.2. The average molecular weight is 342 g/mol. The van der Waals surface area contributed by atoms with Gasteiger partial charge in [-0.3, -0.25) is 19.2 Å². The molecule has 0 N–H and O–H groups in total. The van der Waals surface area contributed by atoms with Gasteiger partial charge in [0.2, 0.25) is 0 Å². The first-order valence-electron chi connectivity index (χ1n) is 9.50. The lowest BCUT2D eigenvalue weighted by atomic mass is 9.46. The van der Waals surface area contributed by atoms with Gasteiger partial charge in [0.1, 0.15) is 17.3 Å². The maximum absolute atomic E-state index is 13.2. The molecular weight excluding hydrogens is 316 g/mol. The first-order valence-corrected chi connectivity index (χ1v) is 9.50. The molecule has 4 aliphatic carbocycles. The Morgan fingerprint density at radius 3 is 2.52 bits per heavy atom. The predicted molar refractivity (Wildman–Crippen MR) is 91.7 cm³/mol. The topological polar surface area (TPSA) is 68.3 Å². The maximum Gasteiger partial charge on any atom is 0.155 e. The quantitative estimate of drug-likeness (QED) is 0.734. The van der Waals surface area contributed by atoms with Gasteiger partial charge < -0.3 is 0 Å². The van der Waals surface area contributed by atoms with Crippen LogP contribution in [0, 0.1) is 34.5 Å². The number of hydrogen-bond donors (Lipinski definition) is 0. The van der Waals surface area contributed by atoms with Crippen molar-refractivity contribution < 1.29 is 19.2 Å². The van der Waals surface area contributed by atoms with E-state index in [4.69, 9.17) is 0 Å². The van der Waals surface area contributed by atoms with Crippen LogP contribution in [0.15, 0.2) is 11.6 Å². The summed E-state index contributed by atoms with van der Waals surface area (Å²) in [6.45, 7) is 5.56. The lowest BCUT2D eigenvalue weighted by molar-refractivity contribution is -0.154. The second-order valence-electron chi connectivity index (χ2n) is 9.08. The number of Topliss-reactive ketones (excluding diaryl/α,β-unsaturated/α-hetero) is 3. The van der Waals surface area contributed by atoms with E-state index in [0.717, 1.165) is 19.3 Å². The molecule has 134 valence electrons. The molecule has 4 rings (SSSR count). The fourth-order valence-electron chi connectivity index (χ4n) is 6.66. The molecule has 0 unspecified atom stereocenters. The molecule has 25 heavy (non-hydrogen) atoms. The van der Waals surface area contributed by atoms with Crippen LogP contribution in [0.1, 0.15) is 59.3 Å². The second-order valence-corrected chi connectivity index (χ2v) is 9.08. The van der Waals surface area contributed by atoms with Gasteiger partial charge in [-0.2, -0.15) is 0 Å². The van der Waals surface area contributed by atoms with Gasteiger partial charge in [-0.15, -0.1) is 0 Å². The number of fused-ring (bicyclic) bond motifs is 5. The summed E-state index contributed by atoms with van der Waals surface area (Å²) in [6.07, 6.45) is 5.46. The van der Waals surface area contributed by atoms with Crippen LogP contribution in [0.3, 0.4) is 0 Å². The molecular formula is C21H26O4. The van der Waals surface area contributed by atoms with Crippen molar-refractivity contribution in [3.05, 3.63) is 11.6 Å². The Kier molecular flexibility index (Phi) is 3.52. The standard InChI is InChI=1S/C21H26O4/c1-11(22)15-9-17(24)19-14-5-4-12-8-13(23)6-7-20(12,2)16(14)10-18(25)21(15,19)3/h8,14-16,19H,4-7,9-10H2,1-3H3/t14-,15-,16+,19-,20+,21+/m0/s1. The van der Waals surface area contributed by atoms with Gasteiger partial charge in [0, 0.05) is 36.5 Å². The Morgan fingerprint density at radius 2 is 1.84 bits per heavy atom. The summed E-state index contributed by atoms with van der Waals surface area (Å²) in [6, 6.07) is 0. The molecule has 0 radical (unpaired) electrons. The zero-order chi connectivity index (χ0) is 18.1. The largest absolute Gasteiger partial charge is 0.300 e. The molecule has 0 spiro atoms. The van der Waals surface area contributed by atoms with Gasteiger partial charge in [-0.05, 0) is 49.5 Å². The predicted octanol–water partition coefficient (Wildman–Crippen LogP) is 3.08. The molecule has 0 aromatic carbocycles. The third-order valence-electron chi connectivity index (χ3n) is 8.09. The number of carbonyl (C=O) groups is 4. The van der Waals surface area contributed by atoms with E-state index >= 15 is 0 Å². The number of rotatable bonds is 1. The Morgan fingerprint density at radius 1 is 1.12 bits per heavy atom. The highest BCUT2D eigenvalue weighted by atomic mass is 16.2. The minimum Gasteiger partial charge on any atom is -0.300 e. The van der Waals surface area contributed by atoms with Gasteiger partial charge >= 0.3 is 0 Å². The van der Waals surface area contributed by atoms with E-state index in [9.17, 15) is 19.2 Å². The van der Waals surface area contributed by atoms with E-state index < -0.39 is 11.3 Å². The third-order valence-corrected chi connectivity index (χ3v) is 8.09. The lowest BCUT2D eigenvalue weighted by Crippen LogP contribution is -2.56. The summed E-state index contributed by atoms with van der Waals surface area (Å²) in [7, 11) is 0. The highest BCUT2D eigenvalue weighted by molar-refractivity contribution is 6.03. The average Bonchev–Trinajstić information content (AvgIpc) is 2.82. The van der Waals surface area contributed by atoms with Crippen LogP contribution in [-0.4, -0.2) is 23.1 Å². The van der Waals surface area contributed by atoms with Gasteiger partial charge in [0.25, 0.3) is 0 Å². The van der Waals surface area contributed by atoms with E-state index in [0.29, 0.717) is 12.8 Å². The summed E-state index contributed by atoms with van der Waals surface area (Å²) >= 11 is 0. The van der Waals surface area contributed by atoms with Crippen molar-refractivity contribution in [1.29, 1.82) is 0 Å². The van der Waals surface area contributed by atoms with Crippen LogP contribution in [-0.2, 0) is 19.2 Å². The number of carbonyl (C=O) groups excluding carboxylic acids is 4. The van der Waals surface area contributed by atoms with Crippen LogP contribution in [0.2, 0.25) is 0 Å². The van der Waals surface area contributed by atoms with Crippen molar-refractivity contribution in [3.8, 4) is 0 Å². The van der Waals surface area contributed by atoms with Crippen molar-refractivity contribution in [2.45, 2.75) is 59.3 Å². The molecule has 0 aromatic rings. The smallest absolute Gasteiger partial charge is 0.155 e. The minimum absolute atomic E-state index is 0.0315. The molecule has 4 heteroatoms. The number of allylic oxidation sites excluding steroid dienone is 1. The summed E-state index contributed by atoms with van der Waals surface area (Å²) in [4.78, 5) is 50.1.